The van der Waals surface area contributed by atoms with Crippen LogP contribution in [0.2, 0.25) is 11.1 Å². The Morgan fingerprint density at radius 2 is 1.65 bits per heavy atom. The Kier molecular flexibility index (Phi) is 9.19. The molecule has 0 radical (unpaired) electrons. The van der Waals surface area contributed by atoms with Crippen LogP contribution < -0.4 is 0 Å². The van der Waals surface area contributed by atoms with Gasteiger partial charge in [0.25, 0.3) is 0 Å². The molecular formula is C14H32O2Si. The van der Waals surface area contributed by atoms with Crippen molar-refractivity contribution in [3.63, 3.8) is 0 Å². The van der Waals surface area contributed by atoms with E-state index in [2.05, 4.69) is 27.7 Å². The maximum absolute atomic E-state index is 6.09. The Hall–Kier alpha value is 0.137. The highest BCUT2D eigenvalue weighted by Gasteiger charge is 2.28. The first-order chi connectivity index (χ1) is 7.91. The second kappa shape index (κ2) is 9.12. The van der Waals surface area contributed by atoms with Crippen LogP contribution in [-0.4, -0.2) is 22.4 Å². The third kappa shape index (κ3) is 8.81. The van der Waals surface area contributed by atoms with E-state index in [9.17, 15) is 0 Å². The van der Waals surface area contributed by atoms with Crippen molar-refractivity contribution in [1.29, 1.82) is 0 Å². The number of methoxy groups -OCH3 is 1. The molecule has 0 aliphatic heterocycles. The molecule has 0 fully saturated rings. The van der Waals surface area contributed by atoms with Crippen molar-refractivity contribution in [2.24, 2.45) is 0 Å². The summed E-state index contributed by atoms with van der Waals surface area (Å²) in [4.78, 5) is 0. The average molecular weight is 260 g/mol. The summed E-state index contributed by atoms with van der Waals surface area (Å²) in [6.45, 7) is 11.2. The highest BCUT2D eigenvalue weighted by Crippen LogP contribution is 2.32. The van der Waals surface area contributed by atoms with Crippen molar-refractivity contribution in [1.82, 2.24) is 0 Å². The van der Waals surface area contributed by atoms with Crippen LogP contribution in [0.3, 0.4) is 0 Å². The molecule has 3 heteroatoms. The van der Waals surface area contributed by atoms with Crippen LogP contribution in [0, 0.1) is 0 Å². The molecule has 0 aromatic carbocycles. The Morgan fingerprint density at radius 1 is 1.06 bits per heavy atom. The SMILES string of the molecule is CCCCCCC[SiH](OC(C)OC)C(C)(C)C. The monoisotopic (exact) mass is 260 g/mol. The zero-order valence-corrected chi connectivity index (χ0v) is 13.9. The summed E-state index contributed by atoms with van der Waals surface area (Å²) in [5.74, 6) is 0. The number of rotatable bonds is 9. The largest absolute Gasteiger partial charge is 0.395 e. The molecule has 0 rings (SSSR count). The second-order valence-corrected chi connectivity index (χ2v) is 9.56. The summed E-state index contributed by atoms with van der Waals surface area (Å²) in [7, 11) is 0.548. The third-order valence-electron chi connectivity index (χ3n) is 3.22. The van der Waals surface area contributed by atoms with Crippen LogP contribution in [0.5, 0.6) is 0 Å². The van der Waals surface area contributed by atoms with Gasteiger partial charge in [0.1, 0.15) is 6.29 Å². The highest BCUT2D eigenvalue weighted by atomic mass is 28.3. The van der Waals surface area contributed by atoms with Gasteiger partial charge in [-0.05, 0) is 18.0 Å². The molecule has 0 bridgehead atoms. The van der Waals surface area contributed by atoms with Gasteiger partial charge in [-0.15, -0.1) is 0 Å². The van der Waals surface area contributed by atoms with E-state index >= 15 is 0 Å². The number of hydrogen-bond acceptors (Lipinski definition) is 2. The molecule has 0 saturated heterocycles. The number of ether oxygens (including phenoxy) is 1. The molecule has 2 atom stereocenters. The molecule has 2 nitrogen and oxygen atoms in total. The minimum absolute atomic E-state index is 0.0402. The van der Waals surface area contributed by atoms with Gasteiger partial charge in [0.05, 0.1) is 0 Å². The van der Waals surface area contributed by atoms with Crippen LogP contribution in [0.1, 0.15) is 66.7 Å². The summed E-state index contributed by atoms with van der Waals surface area (Å²) >= 11 is 0. The molecule has 0 aliphatic rings. The molecule has 0 N–H and O–H groups in total. The number of hydrogen-bond donors (Lipinski definition) is 0. The predicted octanol–water partition coefficient (Wildman–Crippen LogP) is 4.49. The van der Waals surface area contributed by atoms with E-state index in [1.165, 1.54) is 38.1 Å². The minimum Gasteiger partial charge on any atom is -0.395 e. The molecule has 104 valence electrons. The summed E-state index contributed by atoms with van der Waals surface area (Å²) < 4.78 is 11.3. The van der Waals surface area contributed by atoms with Gasteiger partial charge in [-0.2, -0.15) is 0 Å². The average Bonchev–Trinajstić information content (AvgIpc) is 2.25. The van der Waals surface area contributed by atoms with Gasteiger partial charge in [-0.25, -0.2) is 0 Å². The van der Waals surface area contributed by atoms with Gasteiger partial charge in [0.2, 0.25) is 0 Å². The summed E-state index contributed by atoms with van der Waals surface area (Å²) in [5, 5.41) is 0.331. The van der Waals surface area contributed by atoms with Crippen LogP contribution >= 0.6 is 0 Å². The summed E-state index contributed by atoms with van der Waals surface area (Å²) in [5.41, 5.74) is 0. The highest BCUT2D eigenvalue weighted by molar-refractivity contribution is 6.55. The molecule has 0 aromatic rings. The Labute approximate surface area is 110 Å². The van der Waals surface area contributed by atoms with Gasteiger partial charge in [-0.3, -0.25) is 0 Å². The zero-order valence-electron chi connectivity index (χ0n) is 12.7. The standard InChI is InChI=1S/C14H32O2Si/c1-7-8-9-10-11-12-17(14(3,4)5)16-13(2)15-6/h13,17H,7-12H2,1-6H3. The first kappa shape index (κ1) is 17.1. The van der Waals surface area contributed by atoms with E-state index < -0.39 is 9.04 Å². The first-order valence-electron chi connectivity index (χ1n) is 7.10. The molecular weight excluding hydrogens is 228 g/mol. The number of unbranched alkanes of at least 4 members (excludes halogenated alkanes) is 4. The summed E-state index contributed by atoms with van der Waals surface area (Å²) in [6, 6.07) is 1.28. The van der Waals surface area contributed by atoms with Crippen LogP contribution in [0.15, 0.2) is 0 Å². The lowest BCUT2D eigenvalue weighted by molar-refractivity contribution is -0.0440. The maximum Gasteiger partial charge on any atom is 0.185 e. The quantitative estimate of drug-likeness (QED) is 0.345. The van der Waals surface area contributed by atoms with Crippen molar-refractivity contribution in [2.75, 3.05) is 7.11 Å². The van der Waals surface area contributed by atoms with E-state index in [1.807, 2.05) is 6.92 Å². The normalized spacial score (nSPS) is 15.9. The molecule has 0 aromatic heterocycles. The van der Waals surface area contributed by atoms with Crippen molar-refractivity contribution in [2.45, 2.75) is 84.1 Å². The van der Waals surface area contributed by atoms with E-state index in [0.717, 1.165) is 0 Å². The first-order valence-corrected chi connectivity index (χ1v) is 8.96. The Bertz CT molecular complexity index is 178. The van der Waals surface area contributed by atoms with Gasteiger partial charge in [0.15, 0.2) is 9.04 Å². The van der Waals surface area contributed by atoms with Crippen molar-refractivity contribution in [3.05, 3.63) is 0 Å². The minimum atomic E-state index is -1.17. The molecule has 0 amide bonds. The lowest BCUT2D eigenvalue weighted by atomic mass is 10.2. The van der Waals surface area contributed by atoms with Crippen molar-refractivity contribution >= 4 is 9.04 Å². The Balaban J connectivity index is 3.95. The zero-order chi connectivity index (χ0) is 13.3. The fourth-order valence-electron chi connectivity index (χ4n) is 1.93. The van der Waals surface area contributed by atoms with E-state index in [1.54, 1.807) is 7.11 Å². The maximum atomic E-state index is 6.09. The fraction of sp³-hybridized carbons (Fsp3) is 1.00. The molecule has 0 heterocycles. The lowest BCUT2D eigenvalue weighted by Gasteiger charge is -2.31. The molecule has 2 unspecified atom stereocenters. The van der Waals surface area contributed by atoms with Crippen LogP contribution in [0.25, 0.3) is 0 Å². The lowest BCUT2D eigenvalue weighted by Crippen LogP contribution is -2.33. The van der Waals surface area contributed by atoms with Crippen LogP contribution in [0.4, 0.5) is 0 Å². The van der Waals surface area contributed by atoms with Gasteiger partial charge < -0.3 is 9.16 Å². The molecule has 0 saturated carbocycles. The molecule has 0 spiro atoms. The topological polar surface area (TPSA) is 18.5 Å². The molecule has 0 aliphatic carbocycles. The smallest absolute Gasteiger partial charge is 0.185 e. The summed E-state index contributed by atoms with van der Waals surface area (Å²) in [6.07, 6.45) is 6.71. The van der Waals surface area contributed by atoms with Crippen molar-refractivity contribution < 1.29 is 9.16 Å². The van der Waals surface area contributed by atoms with Crippen molar-refractivity contribution in [3.8, 4) is 0 Å². The van der Waals surface area contributed by atoms with E-state index in [0.29, 0.717) is 5.04 Å². The van der Waals surface area contributed by atoms with Gasteiger partial charge >= 0.3 is 0 Å². The van der Waals surface area contributed by atoms with Gasteiger partial charge in [0, 0.05) is 7.11 Å². The fourth-order valence-corrected chi connectivity index (χ4v) is 4.57. The van der Waals surface area contributed by atoms with E-state index in [4.69, 9.17) is 9.16 Å². The second-order valence-electron chi connectivity index (χ2n) is 6.00. The Morgan fingerprint density at radius 3 is 2.12 bits per heavy atom. The van der Waals surface area contributed by atoms with E-state index in [-0.39, 0.29) is 6.29 Å². The third-order valence-corrected chi connectivity index (χ3v) is 6.80. The van der Waals surface area contributed by atoms with Gasteiger partial charge in [-0.1, -0.05) is 59.8 Å². The molecule has 17 heavy (non-hydrogen) atoms. The van der Waals surface area contributed by atoms with Crippen LogP contribution in [-0.2, 0) is 9.16 Å². The predicted molar refractivity (Wildman–Crippen MR) is 78.0 cm³/mol.